The van der Waals surface area contributed by atoms with Gasteiger partial charge in [-0.1, -0.05) is 12.1 Å². The van der Waals surface area contributed by atoms with Crippen LogP contribution in [0.5, 0.6) is 0 Å². The Hall–Kier alpha value is -2.18. The third kappa shape index (κ3) is 3.77. The van der Waals surface area contributed by atoms with Crippen molar-refractivity contribution in [3.8, 4) is 10.4 Å². The molecule has 4 heterocycles. The summed E-state index contributed by atoms with van der Waals surface area (Å²) in [6.45, 7) is 6.05. The van der Waals surface area contributed by atoms with Crippen LogP contribution in [-0.4, -0.2) is 41.9 Å². The van der Waals surface area contributed by atoms with Crippen LogP contribution in [0.15, 0.2) is 36.4 Å². The van der Waals surface area contributed by atoms with E-state index >= 15 is 0 Å². The lowest BCUT2D eigenvalue weighted by atomic mass is 9.79. The first-order valence-corrected chi connectivity index (χ1v) is 10.4. The summed E-state index contributed by atoms with van der Waals surface area (Å²) in [5.41, 5.74) is 1.82. The second kappa shape index (κ2) is 7.44. The molecule has 142 valence electrons. The summed E-state index contributed by atoms with van der Waals surface area (Å²) in [6.07, 6.45) is 2.37. The third-order valence-corrected chi connectivity index (χ3v) is 6.93. The third-order valence-electron chi connectivity index (χ3n) is 5.80. The van der Waals surface area contributed by atoms with Gasteiger partial charge in [0.05, 0.1) is 4.88 Å². The van der Waals surface area contributed by atoms with Gasteiger partial charge < -0.3 is 10.6 Å². The van der Waals surface area contributed by atoms with Crippen LogP contribution >= 0.6 is 11.3 Å². The maximum absolute atomic E-state index is 12.8. The van der Waals surface area contributed by atoms with E-state index in [1.807, 2.05) is 36.4 Å². The van der Waals surface area contributed by atoms with E-state index in [0.29, 0.717) is 12.0 Å². The zero-order valence-electron chi connectivity index (χ0n) is 15.7. The minimum atomic E-state index is -0.0835. The molecule has 2 amide bonds. The Balaban J connectivity index is 1.44. The lowest BCUT2D eigenvalue weighted by Gasteiger charge is -2.49. The Morgan fingerprint density at radius 3 is 2.41 bits per heavy atom. The first-order chi connectivity index (χ1) is 13.0. The fourth-order valence-corrected chi connectivity index (χ4v) is 5.22. The van der Waals surface area contributed by atoms with E-state index in [9.17, 15) is 9.59 Å². The van der Waals surface area contributed by atoms with Gasteiger partial charge in [0.1, 0.15) is 0 Å². The number of piperidine rings is 3. The van der Waals surface area contributed by atoms with Crippen LogP contribution in [0.25, 0.3) is 10.4 Å². The van der Waals surface area contributed by atoms with Crippen LogP contribution in [0.3, 0.4) is 0 Å². The lowest BCUT2D eigenvalue weighted by Crippen LogP contribution is -2.62. The van der Waals surface area contributed by atoms with Gasteiger partial charge in [0.15, 0.2) is 0 Å². The highest BCUT2D eigenvalue weighted by Crippen LogP contribution is 2.33. The number of anilines is 1. The normalized spacial score (nSPS) is 26.6. The van der Waals surface area contributed by atoms with Crippen molar-refractivity contribution < 1.29 is 9.59 Å². The molecule has 5 nitrogen and oxygen atoms in total. The first kappa shape index (κ1) is 18.2. The maximum Gasteiger partial charge on any atom is 0.261 e. The first-order valence-electron chi connectivity index (χ1n) is 9.54. The van der Waals surface area contributed by atoms with Crippen LogP contribution in [0.4, 0.5) is 5.69 Å². The number of hydrogen-bond donors (Lipinski definition) is 2. The summed E-state index contributed by atoms with van der Waals surface area (Å²) in [4.78, 5) is 28.2. The number of hydrogen-bond acceptors (Lipinski definition) is 4. The lowest BCUT2D eigenvalue weighted by molar-refractivity contribution is -0.114. The molecule has 27 heavy (non-hydrogen) atoms. The van der Waals surface area contributed by atoms with Crippen molar-refractivity contribution >= 4 is 28.8 Å². The van der Waals surface area contributed by atoms with Gasteiger partial charge in [-0.15, -0.1) is 11.3 Å². The zero-order chi connectivity index (χ0) is 19.0. The minimum absolute atomic E-state index is 0.0340. The standard InChI is InChI=1S/C21H25N3O2S/c1-13-20(16-9-11-24(13)12-10-16)23-21(26)19-8-7-18(27-19)15-3-5-17(6-4-15)22-14(2)25/h3-8,13,16,20H,9-12H2,1-2H3,(H,22,25)(H,23,26). The molecule has 0 aliphatic carbocycles. The molecule has 3 aliphatic rings. The number of carbonyl (C=O) groups is 2. The van der Waals surface area contributed by atoms with Gasteiger partial charge in [-0.25, -0.2) is 0 Å². The molecule has 0 radical (unpaired) electrons. The van der Waals surface area contributed by atoms with Crippen LogP contribution in [0, 0.1) is 5.92 Å². The average molecular weight is 384 g/mol. The molecule has 2 atom stereocenters. The Bertz CT molecular complexity index is 835. The summed E-state index contributed by atoms with van der Waals surface area (Å²) < 4.78 is 0. The highest BCUT2D eigenvalue weighted by molar-refractivity contribution is 7.17. The summed E-state index contributed by atoms with van der Waals surface area (Å²) in [6, 6.07) is 12.3. The molecule has 0 spiro atoms. The molecule has 3 aliphatic heterocycles. The number of fused-ring (bicyclic) bond motifs is 3. The minimum Gasteiger partial charge on any atom is -0.347 e. The number of carbonyl (C=O) groups excluding carboxylic acids is 2. The molecule has 0 saturated carbocycles. The number of benzene rings is 1. The summed E-state index contributed by atoms with van der Waals surface area (Å²) in [5.74, 6) is 0.557. The number of thiophene rings is 1. The summed E-state index contributed by atoms with van der Waals surface area (Å²) in [5, 5.41) is 6.06. The van der Waals surface area contributed by atoms with Gasteiger partial charge in [0.2, 0.25) is 5.91 Å². The monoisotopic (exact) mass is 383 g/mol. The fourth-order valence-electron chi connectivity index (χ4n) is 4.30. The Kier molecular flexibility index (Phi) is 5.02. The van der Waals surface area contributed by atoms with Gasteiger partial charge in [-0.2, -0.15) is 0 Å². The zero-order valence-corrected chi connectivity index (χ0v) is 16.5. The molecular formula is C21H25N3O2S. The number of rotatable bonds is 4. The van der Waals surface area contributed by atoms with Gasteiger partial charge >= 0.3 is 0 Å². The number of amides is 2. The van der Waals surface area contributed by atoms with E-state index < -0.39 is 0 Å². The van der Waals surface area contributed by atoms with Crippen molar-refractivity contribution in [3.05, 3.63) is 41.3 Å². The van der Waals surface area contributed by atoms with Crippen molar-refractivity contribution in [1.82, 2.24) is 10.2 Å². The van der Waals surface area contributed by atoms with Gasteiger partial charge in [-0.05, 0) is 68.6 Å². The predicted octanol–water partition coefficient (Wildman–Crippen LogP) is 3.59. The molecule has 3 saturated heterocycles. The van der Waals surface area contributed by atoms with Gasteiger partial charge in [-0.3, -0.25) is 14.5 Å². The van der Waals surface area contributed by atoms with Gasteiger partial charge in [0, 0.05) is 29.6 Å². The average Bonchev–Trinajstić information content (AvgIpc) is 3.15. The van der Waals surface area contributed by atoms with Crippen LogP contribution in [0.1, 0.15) is 36.4 Å². The molecule has 3 fully saturated rings. The number of nitrogens with one attached hydrogen (secondary N) is 2. The Morgan fingerprint density at radius 1 is 1.07 bits per heavy atom. The molecule has 2 N–H and O–H groups in total. The van der Waals surface area contributed by atoms with Crippen molar-refractivity contribution in [2.24, 2.45) is 5.92 Å². The molecule has 1 aromatic carbocycles. The molecule has 1 aromatic heterocycles. The van der Waals surface area contributed by atoms with Crippen LogP contribution < -0.4 is 10.6 Å². The second-order valence-corrected chi connectivity index (χ2v) is 8.62. The Morgan fingerprint density at radius 2 is 1.78 bits per heavy atom. The molecule has 2 unspecified atom stereocenters. The largest absolute Gasteiger partial charge is 0.347 e. The highest BCUT2D eigenvalue weighted by Gasteiger charge is 2.40. The van der Waals surface area contributed by atoms with E-state index in [1.165, 1.54) is 31.1 Å². The quantitative estimate of drug-likeness (QED) is 0.848. The predicted molar refractivity (Wildman–Crippen MR) is 109 cm³/mol. The maximum atomic E-state index is 12.8. The molecular weight excluding hydrogens is 358 g/mol. The van der Waals surface area contributed by atoms with E-state index in [4.69, 9.17) is 0 Å². The Labute approximate surface area is 163 Å². The van der Waals surface area contributed by atoms with Crippen molar-refractivity contribution in [1.29, 1.82) is 0 Å². The van der Waals surface area contributed by atoms with Gasteiger partial charge in [0.25, 0.3) is 5.91 Å². The highest BCUT2D eigenvalue weighted by atomic mass is 32.1. The van der Waals surface area contributed by atoms with E-state index in [0.717, 1.165) is 34.1 Å². The van der Waals surface area contributed by atoms with E-state index in [1.54, 1.807) is 0 Å². The smallest absolute Gasteiger partial charge is 0.261 e. The summed E-state index contributed by atoms with van der Waals surface area (Å²) >= 11 is 1.51. The molecule has 2 aromatic rings. The topological polar surface area (TPSA) is 61.4 Å². The van der Waals surface area contributed by atoms with E-state index in [2.05, 4.69) is 22.5 Å². The van der Waals surface area contributed by atoms with Crippen LogP contribution in [0.2, 0.25) is 0 Å². The van der Waals surface area contributed by atoms with Crippen molar-refractivity contribution in [2.75, 3.05) is 18.4 Å². The van der Waals surface area contributed by atoms with Crippen LogP contribution in [-0.2, 0) is 4.79 Å². The second-order valence-electron chi connectivity index (χ2n) is 7.54. The fraction of sp³-hybridized carbons (Fsp3) is 0.429. The SMILES string of the molecule is CC(=O)Nc1ccc(-c2ccc(C(=O)NC3C4CCN(CC4)C3C)s2)cc1. The molecule has 6 heteroatoms. The summed E-state index contributed by atoms with van der Waals surface area (Å²) in [7, 11) is 0. The molecule has 5 rings (SSSR count). The van der Waals surface area contributed by atoms with Crippen molar-refractivity contribution in [3.63, 3.8) is 0 Å². The number of nitrogens with zero attached hydrogens (tertiary/aromatic N) is 1. The van der Waals surface area contributed by atoms with E-state index in [-0.39, 0.29) is 17.9 Å². The molecule has 2 bridgehead atoms. The van der Waals surface area contributed by atoms with Crippen molar-refractivity contribution in [2.45, 2.75) is 38.8 Å².